The number of amides is 3. The highest BCUT2D eigenvalue weighted by molar-refractivity contribution is 5.93. The second-order valence-electron chi connectivity index (χ2n) is 6.01. The van der Waals surface area contributed by atoms with Crippen molar-refractivity contribution in [2.75, 3.05) is 18.4 Å². The molecule has 1 aromatic rings. The number of hydrogen-bond acceptors (Lipinski definition) is 2. The van der Waals surface area contributed by atoms with Gasteiger partial charge in [-0.25, -0.2) is 9.18 Å². The van der Waals surface area contributed by atoms with Crippen LogP contribution < -0.4 is 10.6 Å². The van der Waals surface area contributed by atoms with Gasteiger partial charge in [-0.15, -0.1) is 0 Å². The molecule has 1 aromatic carbocycles. The van der Waals surface area contributed by atoms with Crippen molar-refractivity contribution in [3.63, 3.8) is 0 Å². The van der Waals surface area contributed by atoms with Crippen LogP contribution in [0.15, 0.2) is 24.3 Å². The summed E-state index contributed by atoms with van der Waals surface area (Å²) < 4.78 is 12.9. The largest absolute Gasteiger partial charge is 0.335 e. The molecule has 1 saturated heterocycles. The van der Waals surface area contributed by atoms with Crippen LogP contribution in [0, 0.1) is 11.7 Å². The van der Waals surface area contributed by atoms with Gasteiger partial charge in [-0.1, -0.05) is 0 Å². The Labute approximate surface area is 128 Å². The summed E-state index contributed by atoms with van der Waals surface area (Å²) in [5.74, 6) is -0.669. The molecule has 1 saturated carbocycles. The summed E-state index contributed by atoms with van der Waals surface area (Å²) in [4.78, 5) is 26.1. The van der Waals surface area contributed by atoms with Crippen molar-refractivity contribution < 1.29 is 14.0 Å². The van der Waals surface area contributed by atoms with Gasteiger partial charge in [0.2, 0.25) is 5.91 Å². The van der Waals surface area contributed by atoms with Crippen LogP contribution >= 0.6 is 0 Å². The summed E-state index contributed by atoms with van der Waals surface area (Å²) in [6, 6.07) is 5.95. The predicted octanol–water partition coefficient (Wildman–Crippen LogP) is 2.35. The molecule has 0 aromatic heterocycles. The third-order valence-electron chi connectivity index (χ3n) is 4.10. The first-order chi connectivity index (χ1) is 10.6. The minimum atomic E-state index is -0.335. The number of nitrogens with zero attached hydrogens (tertiary/aromatic N) is 1. The van der Waals surface area contributed by atoms with E-state index in [1.807, 2.05) is 0 Å². The number of rotatable bonds is 3. The highest BCUT2D eigenvalue weighted by Crippen LogP contribution is 2.22. The van der Waals surface area contributed by atoms with Crippen LogP contribution in [-0.2, 0) is 4.79 Å². The number of nitrogens with one attached hydrogen (secondary N) is 2. The summed E-state index contributed by atoms with van der Waals surface area (Å²) in [7, 11) is 0. The van der Waals surface area contributed by atoms with Gasteiger partial charge in [-0.3, -0.25) is 4.79 Å². The van der Waals surface area contributed by atoms with Gasteiger partial charge >= 0.3 is 6.03 Å². The van der Waals surface area contributed by atoms with E-state index in [4.69, 9.17) is 0 Å². The maximum atomic E-state index is 12.9. The van der Waals surface area contributed by atoms with Crippen LogP contribution in [0.4, 0.5) is 14.9 Å². The lowest BCUT2D eigenvalue weighted by Crippen LogP contribution is -2.48. The summed E-state index contributed by atoms with van der Waals surface area (Å²) in [6.45, 7) is 1.13. The Morgan fingerprint density at radius 2 is 1.86 bits per heavy atom. The van der Waals surface area contributed by atoms with E-state index in [9.17, 15) is 14.0 Å². The zero-order valence-electron chi connectivity index (χ0n) is 12.3. The molecule has 1 heterocycles. The van der Waals surface area contributed by atoms with Gasteiger partial charge in [0.15, 0.2) is 0 Å². The summed E-state index contributed by atoms with van der Waals surface area (Å²) in [6.07, 6.45) is 3.68. The first-order valence-corrected chi connectivity index (χ1v) is 7.74. The SMILES string of the molecule is O=C(Nc1ccc(F)cc1)C1CCCN(C(=O)NC2CC2)C1. The van der Waals surface area contributed by atoms with Crippen LogP contribution in [0.1, 0.15) is 25.7 Å². The average Bonchev–Trinajstić information content (AvgIpc) is 3.33. The van der Waals surface area contributed by atoms with Crippen LogP contribution in [-0.4, -0.2) is 36.0 Å². The third-order valence-corrected chi connectivity index (χ3v) is 4.10. The topological polar surface area (TPSA) is 61.4 Å². The summed E-state index contributed by atoms with van der Waals surface area (Å²) in [5, 5.41) is 5.74. The van der Waals surface area contributed by atoms with Gasteiger partial charge in [-0.2, -0.15) is 0 Å². The van der Waals surface area contributed by atoms with E-state index < -0.39 is 0 Å². The molecule has 3 rings (SSSR count). The van der Waals surface area contributed by atoms with Gasteiger partial charge < -0.3 is 15.5 Å². The summed E-state index contributed by atoms with van der Waals surface area (Å²) >= 11 is 0. The fourth-order valence-electron chi connectivity index (χ4n) is 2.65. The van der Waals surface area contributed by atoms with Gasteiger partial charge in [0.1, 0.15) is 5.82 Å². The second-order valence-corrected chi connectivity index (χ2v) is 6.01. The first kappa shape index (κ1) is 14.8. The second kappa shape index (κ2) is 6.34. The third kappa shape index (κ3) is 3.75. The zero-order valence-corrected chi connectivity index (χ0v) is 12.3. The standard InChI is InChI=1S/C16H20FN3O2/c17-12-3-5-13(6-4-12)18-15(21)11-2-1-9-20(10-11)16(22)19-14-7-8-14/h3-6,11,14H,1-2,7-10H2,(H,18,21)(H,19,22). The number of benzene rings is 1. The molecule has 2 aliphatic rings. The van der Waals surface area contributed by atoms with Gasteiger partial charge in [0, 0.05) is 24.8 Å². The van der Waals surface area contributed by atoms with E-state index in [0.717, 1.165) is 25.7 Å². The molecule has 6 heteroatoms. The first-order valence-electron chi connectivity index (χ1n) is 7.74. The van der Waals surface area contributed by atoms with Crippen molar-refractivity contribution >= 4 is 17.6 Å². The molecular weight excluding hydrogens is 285 g/mol. The highest BCUT2D eigenvalue weighted by atomic mass is 19.1. The predicted molar refractivity (Wildman–Crippen MR) is 80.9 cm³/mol. The van der Waals surface area contributed by atoms with Crippen LogP contribution in [0.25, 0.3) is 0 Å². The Morgan fingerprint density at radius 3 is 2.55 bits per heavy atom. The monoisotopic (exact) mass is 305 g/mol. The van der Waals surface area contributed by atoms with Gasteiger partial charge in [0.25, 0.3) is 0 Å². The molecule has 0 bridgehead atoms. The smallest absolute Gasteiger partial charge is 0.317 e. The normalized spacial score (nSPS) is 21.3. The Balaban J connectivity index is 1.55. The number of piperidine rings is 1. The van der Waals surface area contributed by atoms with Gasteiger partial charge in [-0.05, 0) is 49.9 Å². The van der Waals surface area contributed by atoms with E-state index >= 15 is 0 Å². The fourth-order valence-corrected chi connectivity index (χ4v) is 2.65. The Bertz CT molecular complexity index is 557. The molecule has 3 amide bonds. The Hall–Kier alpha value is -2.11. The lowest BCUT2D eigenvalue weighted by Gasteiger charge is -2.32. The average molecular weight is 305 g/mol. The molecular formula is C16H20FN3O2. The van der Waals surface area contributed by atoms with Crippen molar-refractivity contribution in [1.82, 2.24) is 10.2 Å². The highest BCUT2D eigenvalue weighted by Gasteiger charge is 2.31. The van der Waals surface area contributed by atoms with Crippen molar-refractivity contribution in [2.45, 2.75) is 31.7 Å². The molecule has 0 radical (unpaired) electrons. The van der Waals surface area contributed by atoms with E-state index in [-0.39, 0.29) is 23.7 Å². The number of carbonyl (C=O) groups is 2. The van der Waals surface area contributed by atoms with E-state index in [2.05, 4.69) is 10.6 Å². The molecule has 1 aliphatic carbocycles. The molecule has 1 unspecified atom stereocenters. The zero-order chi connectivity index (χ0) is 15.5. The minimum Gasteiger partial charge on any atom is -0.335 e. The Morgan fingerprint density at radius 1 is 1.14 bits per heavy atom. The number of urea groups is 1. The number of anilines is 1. The Kier molecular flexibility index (Phi) is 4.27. The maximum Gasteiger partial charge on any atom is 0.317 e. The van der Waals surface area contributed by atoms with Crippen molar-refractivity contribution in [3.05, 3.63) is 30.1 Å². The van der Waals surface area contributed by atoms with E-state index in [1.165, 1.54) is 24.3 Å². The molecule has 1 aliphatic heterocycles. The number of hydrogen-bond donors (Lipinski definition) is 2. The van der Waals surface area contributed by atoms with E-state index in [0.29, 0.717) is 24.8 Å². The lowest BCUT2D eigenvalue weighted by atomic mass is 9.97. The summed E-state index contributed by atoms with van der Waals surface area (Å²) in [5.41, 5.74) is 0.575. The molecule has 0 spiro atoms. The van der Waals surface area contributed by atoms with E-state index in [1.54, 1.807) is 4.90 Å². The lowest BCUT2D eigenvalue weighted by molar-refractivity contribution is -0.121. The van der Waals surface area contributed by atoms with Crippen molar-refractivity contribution in [1.29, 1.82) is 0 Å². The molecule has 2 fully saturated rings. The van der Waals surface area contributed by atoms with Gasteiger partial charge in [0.05, 0.1) is 5.92 Å². The van der Waals surface area contributed by atoms with Crippen LogP contribution in [0.2, 0.25) is 0 Å². The van der Waals surface area contributed by atoms with Crippen molar-refractivity contribution in [3.8, 4) is 0 Å². The number of carbonyl (C=O) groups excluding carboxylic acids is 2. The van der Waals surface area contributed by atoms with Crippen molar-refractivity contribution in [2.24, 2.45) is 5.92 Å². The fraction of sp³-hybridized carbons (Fsp3) is 0.500. The number of halogens is 1. The molecule has 22 heavy (non-hydrogen) atoms. The minimum absolute atomic E-state index is 0.0678. The quantitative estimate of drug-likeness (QED) is 0.900. The molecule has 118 valence electrons. The molecule has 5 nitrogen and oxygen atoms in total. The molecule has 1 atom stereocenters. The van der Waals surface area contributed by atoms with Crippen LogP contribution in [0.3, 0.4) is 0 Å². The maximum absolute atomic E-state index is 12.9. The number of likely N-dealkylation sites (tertiary alicyclic amines) is 1. The van der Waals surface area contributed by atoms with Crippen LogP contribution in [0.5, 0.6) is 0 Å². The molecule has 2 N–H and O–H groups in total.